The summed E-state index contributed by atoms with van der Waals surface area (Å²) in [6.45, 7) is -0.487. The van der Waals surface area contributed by atoms with Gasteiger partial charge in [-0.2, -0.15) is 0 Å². The van der Waals surface area contributed by atoms with E-state index in [0.29, 0.717) is 0 Å². The van der Waals surface area contributed by atoms with Gasteiger partial charge < -0.3 is 25.8 Å². The summed E-state index contributed by atoms with van der Waals surface area (Å²) in [7, 11) is 0. The Hall–Kier alpha value is -1.59. The smallest absolute Gasteiger partial charge is 0.255 e. The van der Waals surface area contributed by atoms with Gasteiger partial charge in [-0.05, 0) is 12.2 Å². The van der Waals surface area contributed by atoms with Crippen molar-refractivity contribution in [3.63, 3.8) is 0 Å². The van der Waals surface area contributed by atoms with Gasteiger partial charge in [0.05, 0.1) is 13.0 Å². The maximum atomic E-state index is 11.7. The van der Waals surface area contributed by atoms with E-state index in [4.69, 9.17) is 27.8 Å². The molecule has 1 aliphatic rings. The van der Waals surface area contributed by atoms with Gasteiger partial charge in [0.2, 0.25) is 5.91 Å². The van der Waals surface area contributed by atoms with E-state index in [0.717, 1.165) is 0 Å². The second-order valence-corrected chi connectivity index (χ2v) is 5.08. The molecule has 4 atom stereocenters. The number of rotatable bonds is 4. The highest BCUT2D eigenvalue weighted by molar-refractivity contribution is 7.71. The molecule has 0 bridgehead atoms. The fourth-order valence-electron chi connectivity index (χ4n) is 2.14. The van der Waals surface area contributed by atoms with E-state index >= 15 is 0 Å². The highest BCUT2D eigenvalue weighted by Gasteiger charge is 2.43. The Morgan fingerprint density at radius 3 is 2.67 bits per heavy atom. The summed E-state index contributed by atoms with van der Waals surface area (Å²) in [5.41, 5.74) is 4.53. The van der Waals surface area contributed by atoms with Crippen LogP contribution < -0.4 is 11.3 Å². The molecule has 2 rings (SSSR count). The maximum absolute atomic E-state index is 11.7. The average Bonchev–Trinajstić information content (AvgIpc) is 2.69. The number of aliphatic hydroxyl groups excluding tert-OH is 3. The molecule has 4 unspecified atom stereocenters. The molecule has 1 saturated heterocycles. The Morgan fingerprint density at radius 2 is 2.14 bits per heavy atom. The van der Waals surface area contributed by atoms with E-state index in [1.807, 2.05) is 0 Å². The maximum Gasteiger partial charge on any atom is 0.255 e. The SMILES string of the molecule is NC(=O)Cc1cn(C2OC(CO)C(O)C2O)c(=S)[nH]c1=O. The van der Waals surface area contributed by atoms with E-state index < -0.39 is 42.6 Å². The van der Waals surface area contributed by atoms with E-state index in [1.54, 1.807) is 0 Å². The first-order valence-corrected chi connectivity index (χ1v) is 6.51. The van der Waals surface area contributed by atoms with E-state index in [1.165, 1.54) is 10.8 Å². The molecule has 2 heterocycles. The van der Waals surface area contributed by atoms with Crippen molar-refractivity contribution in [1.82, 2.24) is 9.55 Å². The number of carbonyl (C=O) groups is 1. The van der Waals surface area contributed by atoms with Gasteiger partial charge in [-0.3, -0.25) is 19.1 Å². The molecule has 6 N–H and O–H groups in total. The predicted octanol–water partition coefficient (Wildman–Crippen LogP) is -2.45. The van der Waals surface area contributed by atoms with Gasteiger partial charge in [-0.15, -0.1) is 0 Å². The van der Waals surface area contributed by atoms with Crippen LogP contribution in [0.15, 0.2) is 11.0 Å². The zero-order valence-electron chi connectivity index (χ0n) is 10.8. The number of nitrogens with two attached hydrogens (primary N) is 1. The van der Waals surface area contributed by atoms with Gasteiger partial charge in [-0.1, -0.05) is 0 Å². The largest absolute Gasteiger partial charge is 0.394 e. The second kappa shape index (κ2) is 6.03. The molecule has 0 saturated carbocycles. The first-order valence-electron chi connectivity index (χ1n) is 6.10. The number of amides is 1. The summed E-state index contributed by atoms with van der Waals surface area (Å²) in [6.07, 6.45) is -3.77. The number of aliphatic hydroxyl groups is 3. The first-order chi connectivity index (χ1) is 9.85. The zero-order valence-corrected chi connectivity index (χ0v) is 11.6. The highest BCUT2D eigenvalue weighted by atomic mass is 32.1. The number of nitrogens with zero attached hydrogens (tertiary/aromatic N) is 1. The van der Waals surface area contributed by atoms with Crippen LogP contribution in [0.4, 0.5) is 0 Å². The lowest BCUT2D eigenvalue weighted by atomic mass is 10.1. The van der Waals surface area contributed by atoms with Gasteiger partial charge in [0, 0.05) is 11.8 Å². The summed E-state index contributed by atoms with van der Waals surface area (Å²) >= 11 is 4.97. The highest BCUT2D eigenvalue weighted by Crippen LogP contribution is 2.29. The number of H-pyrrole nitrogens is 1. The third kappa shape index (κ3) is 3.04. The van der Waals surface area contributed by atoms with Crippen LogP contribution in [-0.2, 0) is 16.0 Å². The Morgan fingerprint density at radius 1 is 1.48 bits per heavy atom. The molecule has 1 aliphatic heterocycles. The van der Waals surface area contributed by atoms with Crippen molar-refractivity contribution in [3.05, 3.63) is 26.9 Å². The number of hydrogen-bond acceptors (Lipinski definition) is 7. The number of aromatic amines is 1. The average molecular weight is 317 g/mol. The number of ether oxygens (including phenoxy) is 1. The first kappa shape index (κ1) is 15.8. The van der Waals surface area contributed by atoms with Gasteiger partial charge in [0.1, 0.15) is 18.3 Å². The van der Waals surface area contributed by atoms with Crippen molar-refractivity contribution in [2.75, 3.05) is 6.61 Å². The molecule has 1 amide bonds. The summed E-state index contributed by atoms with van der Waals surface area (Å²) < 4.78 is 6.46. The summed E-state index contributed by atoms with van der Waals surface area (Å²) in [6, 6.07) is 0. The van der Waals surface area contributed by atoms with Crippen LogP contribution in [0, 0.1) is 4.77 Å². The Labute approximate surface area is 123 Å². The second-order valence-electron chi connectivity index (χ2n) is 4.69. The minimum absolute atomic E-state index is 0.0499. The third-order valence-electron chi connectivity index (χ3n) is 3.20. The van der Waals surface area contributed by atoms with Crippen LogP contribution in [0.1, 0.15) is 11.8 Å². The zero-order chi connectivity index (χ0) is 15.7. The van der Waals surface area contributed by atoms with Crippen LogP contribution in [-0.4, -0.2) is 55.7 Å². The molecule has 9 nitrogen and oxygen atoms in total. The summed E-state index contributed by atoms with van der Waals surface area (Å²) in [4.78, 5) is 24.9. The standard InChI is InChI=1S/C11H15N3O6S/c12-6(16)1-4-2-14(11(21)13-9(4)19)10-8(18)7(17)5(3-15)20-10/h2,5,7-8,10,15,17-18H,1,3H2,(H2,12,16)(H,13,19,21). The lowest BCUT2D eigenvalue weighted by Gasteiger charge is -2.19. The molecule has 0 spiro atoms. The van der Waals surface area contributed by atoms with E-state index in [2.05, 4.69) is 4.98 Å². The molecule has 0 radical (unpaired) electrons. The van der Waals surface area contributed by atoms with Crippen molar-refractivity contribution < 1.29 is 24.9 Å². The third-order valence-corrected chi connectivity index (χ3v) is 3.51. The van der Waals surface area contributed by atoms with Crippen molar-refractivity contribution >= 4 is 18.1 Å². The van der Waals surface area contributed by atoms with Crippen molar-refractivity contribution in [1.29, 1.82) is 0 Å². The number of carbonyl (C=O) groups excluding carboxylic acids is 1. The van der Waals surface area contributed by atoms with Gasteiger partial charge in [0.15, 0.2) is 11.0 Å². The number of aromatic nitrogens is 2. The molecule has 1 fully saturated rings. The normalized spacial score (nSPS) is 28.7. The molecular formula is C11H15N3O6S. The van der Waals surface area contributed by atoms with Gasteiger partial charge in [-0.25, -0.2) is 0 Å². The van der Waals surface area contributed by atoms with Crippen LogP contribution in [0.25, 0.3) is 0 Å². The quantitative estimate of drug-likeness (QED) is 0.386. The van der Waals surface area contributed by atoms with Crippen LogP contribution >= 0.6 is 12.2 Å². The molecule has 1 aromatic heterocycles. The minimum atomic E-state index is -1.35. The Kier molecular flexibility index (Phi) is 4.54. The van der Waals surface area contributed by atoms with Crippen molar-refractivity contribution in [3.8, 4) is 0 Å². The molecule has 1 aromatic rings. The predicted molar refractivity (Wildman–Crippen MR) is 71.8 cm³/mol. The minimum Gasteiger partial charge on any atom is -0.394 e. The van der Waals surface area contributed by atoms with Crippen molar-refractivity contribution in [2.24, 2.45) is 5.73 Å². The summed E-state index contributed by atoms with van der Waals surface area (Å²) in [5, 5.41) is 28.7. The lowest BCUT2D eigenvalue weighted by Crippen LogP contribution is -2.33. The van der Waals surface area contributed by atoms with E-state index in [9.17, 15) is 19.8 Å². The molecule has 0 aliphatic carbocycles. The fourth-order valence-corrected chi connectivity index (χ4v) is 2.39. The monoisotopic (exact) mass is 317 g/mol. The molecular weight excluding hydrogens is 302 g/mol. The van der Waals surface area contributed by atoms with Crippen LogP contribution in [0.5, 0.6) is 0 Å². The van der Waals surface area contributed by atoms with Crippen molar-refractivity contribution in [2.45, 2.75) is 31.0 Å². The molecule has 0 aromatic carbocycles. The summed E-state index contributed by atoms with van der Waals surface area (Å²) in [5.74, 6) is -0.703. The van der Waals surface area contributed by atoms with Crippen LogP contribution in [0.3, 0.4) is 0 Å². The lowest BCUT2D eigenvalue weighted by molar-refractivity contribution is -0.117. The molecule has 116 valence electrons. The fraction of sp³-hybridized carbons (Fsp3) is 0.545. The van der Waals surface area contributed by atoms with Gasteiger partial charge in [0.25, 0.3) is 5.56 Å². The van der Waals surface area contributed by atoms with Gasteiger partial charge >= 0.3 is 0 Å². The van der Waals surface area contributed by atoms with Crippen LogP contribution in [0.2, 0.25) is 0 Å². The number of hydrogen-bond donors (Lipinski definition) is 5. The Bertz CT molecular complexity index is 656. The molecule has 21 heavy (non-hydrogen) atoms. The Balaban J connectivity index is 2.42. The van der Waals surface area contributed by atoms with E-state index in [-0.39, 0.29) is 16.8 Å². The number of primary amides is 1. The molecule has 10 heteroatoms. The number of nitrogens with one attached hydrogen (secondary N) is 1. The topological polar surface area (TPSA) is 151 Å².